The average Bonchev–Trinajstić information content (AvgIpc) is 3.21. The second kappa shape index (κ2) is 4.88. The molecule has 1 saturated carbocycles. The highest BCUT2D eigenvalue weighted by Crippen LogP contribution is 2.42. The van der Waals surface area contributed by atoms with Crippen LogP contribution in [0.15, 0.2) is 47.5 Å². The van der Waals surface area contributed by atoms with Crippen molar-refractivity contribution < 1.29 is 0 Å². The Bertz CT molecular complexity index is 621. The Hall–Kier alpha value is -2.10. The van der Waals surface area contributed by atoms with Gasteiger partial charge in [0.25, 0.3) is 5.56 Å². The van der Waals surface area contributed by atoms with Crippen LogP contribution in [0.5, 0.6) is 0 Å². The lowest BCUT2D eigenvalue weighted by atomic mass is 10.1. The van der Waals surface area contributed by atoms with Gasteiger partial charge in [-0.15, -0.1) is 0 Å². The number of nitrogens with one attached hydrogen (secondary N) is 1. The topological polar surface area (TPSA) is 46.9 Å². The fraction of sp³-hybridized carbons (Fsp3) is 0.333. The molecule has 2 aromatic rings. The number of nitrogens with zero attached hydrogens (tertiary/aromatic N) is 2. The Morgan fingerprint density at radius 3 is 2.89 bits per heavy atom. The van der Waals surface area contributed by atoms with Crippen molar-refractivity contribution in [3.8, 4) is 0 Å². The highest BCUT2D eigenvalue weighted by molar-refractivity contribution is 5.40. The van der Waals surface area contributed by atoms with Crippen LogP contribution in [0.3, 0.4) is 0 Å². The molecule has 2 atom stereocenters. The normalized spacial score (nSPS) is 21.1. The molecule has 0 radical (unpaired) electrons. The van der Waals surface area contributed by atoms with Gasteiger partial charge in [0.1, 0.15) is 0 Å². The van der Waals surface area contributed by atoms with E-state index < -0.39 is 0 Å². The van der Waals surface area contributed by atoms with Gasteiger partial charge in [-0.3, -0.25) is 4.79 Å². The lowest BCUT2D eigenvalue weighted by Crippen LogP contribution is -2.24. The minimum atomic E-state index is -0.0382. The summed E-state index contributed by atoms with van der Waals surface area (Å²) in [5.74, 6) is 0.963. The number of anilines is 1. The van der Waals surface area contributed by atoms with Crippen LogP contribution in [-0.4, -0.2) is 15.6 Å². The second-order valence-corrected chi connectivity index (χ2v) is 4.87. The third-order valence-corrected chi connectivity index (χ3v) is 3.59. The summed E-state index contributed by atoms with van der Waals surface area (Å²) in [6.07, 6.45) is 4.45. The minimum absolute atomic E-state index is 0.0382. The van der Waals surface area contributed by atoms with E-state index >= 15 is 0 Å². The van der Waals surface area contributed by atoms with Gasteiger partial charge in [0.05, 0.1) is 0 Å². The van der Waals surface area contributed by atoms with Crippen molar-refractivity contribution in [2.75, 3.05) is 5.32 Å². The van der Waals surface area contributed by atoms with Crippen LogP contribution in [-0.2, 0) is 6.54 Å². The van der Waals surface area contributed by atoms with Gasteiger partial charge >= 0.3 is 0 Å². The molecule has 0 saturated heterocycles. The van der Waals surface area contributed by atoms with Crippen molar-refractivity contribution in [3.63, 3.8) is 0 Å². The summed E-state index contributed by atoms with van der Waals surface area (Å²) in [5.41, 5.74) is 1.29. The van der Waals surface area contributed by atoms with Crippen LogP contribution in [0, 0.1) is 0 Å². The zero-order valence-electron chi connectivity index (χ0n) is 10.9. The molecule has 1 aliphatic rings. The number of hydrogen-bond donors (Lipinski definition) is 1. The molecule has 3 rings (SSSR count). The lowest BCUT2D eigenvalue weighted by molar-refractivity contribution is 0.718. The first kappa shape index (κ1) is 12.0. The fourth-order valence-electron chi connectivity index (χ4n) is 2.39. The molecule has 1 aromatic carbocycles. The van der Waals surface area contributed by atoms with E-state index in [0.717, 1.165) is 6.42 Å². The molecule has 0 spiro atoms. The van der Waals surface area contributed by atoms with Gasteiger partial charge in [0.15, 0.2) is 5.82 Å². The van der Waals surface area contributed by atoms with E-state index in [1.807, 2.05) is 13.0 Å². The highest BCUT2D eigenvalue weighted by atomic mass is 16.1. The first-order chi connectivity index (χ1) is 9.29. The molecular formula is C15H17N3O. The van der Waals surface area contributed by atoms with Crippen LogP contribution >= 0.6 is 0 Å². The van der Waals surface area contributed by atoms with Crippen LogP contribution in [0.1, 0.15) is 24.8 Å². The van der Waals surface area contributed by atoms with Gasteiger partial charge < -0.3 is 9.88 Å². The molecule has 0 amide bonds. The molecule has 1 fully saturated rings. The van der Waals surface area contributed by atoms with Crippen molar-refractivity contribution in [2.24, 2.45) is 0 Å². The molecular weight excluding hydrogens is 238 g/mol. The van der Waals surface area contributed by atoms with Crippen molar-refractivity contribution >= 4 is 5.82 Å². The SMILES string of the molecule is CCn1ccnc(NC2CC2c2ccccc2)c1=O. The van der Waals surface area contributed by atoms with Crippen molar-refractivity contribution in [1.82, 2.24) is 9.55 Å². The van der Waals surface area contributed by atoms with Crippen LogP contribution < -0.4 is 10.9 Å². The zero-order chi connectivity index (χ0) is 13.2. The van der Waals surface area contributed by atoms with Crippen molar-refractivity contribution in [1.29, 1.82) is 0 Å². The van der Waals surface area contributed by atoms with Gasteiger partial charge in [-0.05, 0) is 18.9 Å². The van der Waals surface area contributed by atoms with Crippen molar-refractivity contribution in [2.45, 2.75) is 31.8 Å². The summed E-state index contributed by atoms with van der Waals surface area (Å²) in [4.78, 5) is 16.2. The van der Waals surface area contributed by atoms with E-state index in [2.05, 4.69) is 34.6 Å². The van der Waals surface area contributed by atoms with E-state index in [0.29, 0.717) is 24.3 Å². The first-order valence-electron chi connectivity index (χ1n) is 6.66. The lowest BCUT2D eigenvalue weighted by Gasteiger charge is -2.07. The first-order valence-corrected chi connectivity index (χ1v) is 6.66. The Balaban J connectivity index is 1.73. The largest absolute Gasteiger partial charge is 0.362 e. The molecule has 98 valence electrons. The van der Waals surface area contributed by atoms with Gasteiger partial charge in [0.2, 0.25) is 0 Å². The van der Waals surface area contributed by atoms with E-state index in [1.165, 1.54) is 5.56 Å². The molecule has 0 aliphatic heterocycles. The van der Waals surface area contributed by atoms with Crippen LogP contribution in [0.25, 0.3) is 0 Å². The standard InChI is InChI=1S/C15H17N3O/c1-2-18-9-8-16-14(15(18)19)17-13-10-12(13)11-6-4-3-5-7-11/h3-9,12-13H,2,10H2,1H3,(H,16,17). The molecule has 2 unspecified atom stereocenters. The fourth-order valence-corrected chi connectivity index (χ4v) is 2.39. The number of aromatic nitrogens is 2. The van der Waals surface area contributed by atoms with E-state index in [4.69, 9.17) is 0 Å². The summed E-state index contributed by atoms with van der Waals surface area (Å²) in [7, 11) is 0. The smallest absolute Gasteiger partial charge is 0.293 e. The predicted octanol–water partition coefficient (Wildman–Crippen LogP) is 2.23. The van der Waals surface area contributed by atoms with E-state index in [-0.39, 0.29) is 5.56 Å². The predicted molar refractivity (Wildman–Crippen MR) is 75.4 cm³/mol. The number of benzene rings is 1. The average molecular weight is 255 g/mol. The molecule has 1 aromatic heterocycles. The monoisotopic (exact) mass is 255 g/mol. The van der Waals surface area contributed by atoms with Gasteiger partial charge in [0, 0.05) is 30.9 Å². The Labute approximate surface area is 112 Å². The summed E-state index contributed by atoms with van der Waals surface area (Å²) in [5, 5.41) is 3.26. The summed E-state index contributed by atoms with van der Waals surface area (Å²) in [6, 6.07) is 10.7. The molecule has 1 N–H and O–H groups in total. The maximum absolute atomic E-state index is 12.0. The zero-order valence-corrected chi connectivity index (χ0v) is 10.9. The van der Waals surface area contributed by atoms with Gasteiger partial charge in [-0.2, -0.15) is 0 Å². The minimum Gasteiger partial charge on any atom is -0.362 e. The second-order valence-electron chi connectivity index (χ2n) is 4.87. The molecule has 4 nitrogen and oxygen atoms in total. The number of aryl methyl sites for hydroxylation is 1. The number of rotatable bonds is 4. The van der Waals surface area contributed by atoms with Crippen LogP contribution in [0.2, 0.25) is 0 Å². The molecule has 1 aliphatic carbocycles. The maximum Gasteiger partial charge on any atom is 0.293 e. The molecule has 1 heterocycles. The molecule has 19 heavy (non-hydrogen) atoms. The molecule has 4 heteroatoms. The quantitative estimate of drug-likeness (QED) is 0.911. The highest BCUT2D eigenvalue weighted by Gasteiger charge is 2.38. The third kappa shape index (κ3) is 2.38. The van der Waals surface area contributed by atoms with Crippen LogP contribution in [0.4, 0.5) is 5.82 Å². The van der Waals surface area contributed by atoms with Gasteiger partial charge in [-0.1, -0.05) is 30.3 Å². The summed E-state index contributed by atoms with van der Waals surface area (Å²) >= 11 is 0. The summed E-state index contributed by atoms with van der Waals surface area (Å²) < 4.78 is 1.66. The Morgan fingerprint density at radius 1 is 1.37 bits per heavy atom. The Morgan fingerprint density at radius 2 is 2.16 bits per heavy atom. The Kier molecular flexibility index (Phi) is 3.07. The van der Waals surface area contributed by atoms with E-state index in [1.54, 1.807) is 17.0 Å². The number of hydrogen-bond acceptors (Lipinski definition) is 3. The van der Waals surface area contributed by atoms with Crippen molar-refractivity contribution in [3.05, 3.63) is 58.6 Å². The third-order valence-electron chi connectivity index (χ3n) is 3.59. The maximum atomic E-state index is 12.0. The molecule has 0 bridgehead atoms. The van der Waals surface area contributed by atoms with E-state index in [9.17, 15) is 4.79 Å². The van der Waals surface area contributed by atoms with Gasteiger partial charge in [-0.25, -0.2) is 4.98 Å². The summed E-state index contributed by atoms with van der Waals surface area (Å²) in [6.45, 7) is 2.62.